The molecule has 5 rings (SSSR count). The number of likely N-dealkylation sites (N-methyl/N-ethyl adjacent to an activating group) is 1. The first kappa shape index (κ1) is 16.8. The number of hydrogen-bond donors (Lipinski definition) is 1. The number of ether oxygens (including phenoxy) is 1. The van der Waals surface area contributed by atoms with Crippen LogP contribution >= 0.6 is 0 Å². The Morgan fingerprint density at radius 3 is 2.85 bits per heavy atom. The smallest absolute Gasteiger partial charge is 0.0653 e. The van der Waals surface area contributed by atoms with E-state index in [0.717, 1.165) is 44.9 Å². The van der Waals surface area contributed by atoms with Gasteiger partial charge in [-0.3, -0.25) is 5.10 Å². The number of nitrogens with one attached hydrogen (secondary N) is 1. The molecule has 1 aromatic heterocycles. The Morgan fingerprint density at radius 1 is 1.15 bits per heavy atom. The van der Waals surface area contributed by atoms with E-state index in [-0.39, 0.29) is 0 Å². The van der Waals surface area contributed by atoms with Crippen molar-refractivity contribution in [1.82, 2.24) is 15.1 Å². The van der Waals surface area contributed by atoms with E-state index in [4.69, 9.17) is 4.74 Å². The Hall–Kier alpha value is -2.37. The fourth-order valence-electron chi connectivity index (χ4n) is 4.65. The fraction of sp³-hybridized carbons (Fsp3) is 0.409. The molecule has 1 unspecified atom stereocenters. The predicted molar refractivity (Wildman–Crippen MR) is 108 cm³/mol. The van der Waals surface area contributed by atoms with Crippen molar-refractivity contribution >= 4 is 16.6 Å². The van der Waals surface area contributed by atoms with Crippen molar-refractivity contribution in [2.24, 2.45) is 0 Å². The molecule has 0 saturated carbocycles. The van der Waals surface area contributed by atoms with Crippen LogP contribution in [0.4, 0.5) is 5.69 Å². The Labute approximate surface area is 159 Å². The second-order valence-corrected chi connectivity index (χ2v) is 7.84. The lowest BCUT2D eigenvalue weighted by Crippen LogP contribution is -2.37. The van der Waals surface area contributed by atoms with E-state index in [1.165, 1.54) is 33.3 Å². The standard InChI is InChI=1S/C22H26N4O/c1-15-19-13-25(2)14-20(16-3-4-17-12-23-24-21(17)11-16)18(19)5-6-22(15)26-7-9-27-10-8-26/h3-6,11-12,20H,7-10,13-14H2,1-2H3,(H,23,24). The number of hydrogen-bond acceptors (Lipinski definition) is 4. The molecule has 0 aliphatic carbocycles. The van der Waals surface area contributed by atoms with E-state index < -0.39 is 0 Å². The summed E-state index contributed by atoms with van der Waals surface area (Å²) in [7, 11) is 2.23. The van der Waals surface area contributed by atoms with E-state index in [0.29, 0.717) is 5.92 Å². The normalized spacial score (nSPS) is 20.8. The van der Waals surface area contributed by atoms with Crippen LogP contribution in [0.15, 0.2) is 36.5 Å². The Bertz CT molecular complexity index is 974. The van der Waals surface area contributed by atoms with Crippen LogP contribution in [0.1, 0.15) is 28.2 Å². The van der Waals surface area contributed by atoms with Crippen molar-refractivity contribution in [3.8, 4) is 0 Å². The highest BCUT2D eigenvalue weighted by Crippen LogP contribution is 2.38. The largest absolute Gasteiger partial charge is 0.378 e. The summed E-state index contributed by atoms with van der Waals surface area (Å²) < 4.78 is 5.54. The van der Waals surface area contributed by atoms with Gasteiger partial charge in [-0.25, -0.2) is 0 Å². The molecule has 3 aromatic rings. The molecule has 2 aliphatic rings. The highest BCUT2D eigenvalue weighted by atomic mass is 16.5. The van der Waals surface area contributed by atoms with Gasteiger partial charge in [0.05, 0.1) is 24.9 Å². The van der Waals surface area contributed by atoms with Crippen molar-refractivity contribution in [2.75, 3.05) is 44.8 Å². The number of aromatic amines is 1. The summed E-state index contributed by atoms with van der Waals surface area (Å²) in [5.74, 6) is 0.392. The molecule has 5 heteroatoms. The van der Waals surface area contributed by atoms with Crippen LogP contribution in [0.25, 0.3) is 10.9 Å². The summed E-state index contributed by atoms with van der Waals surface area (Å²) in [6.07, 6.45) is 1.89. The van der Waals surface area contributed by atoms with E-state index >= 15 is 0 Å². The van der Waals surface area contributed by atoms with Gasteiger partial charge in [-0.15, -0.1) is 0 Å². The first-order valence-electron chi connectivity index (χ1n) is 9.77. The molecule has 0 amide bonds. The summed E-state index contributed by atoms with van der Waals surface area (Å²) in [6.45, 7) is 7.96. The van der Waals surface area contributed by atoms with Crippen LogP contribution < -0.4 is 4.90 Å². The van der Waals surface area contributed by atoms with E-state index in [2.05, 4.69) is 64.3 Å². The first-order chi connectivity index (χ1) is 13.2. The maximum Gasteiger partial charge on any atom is 0.0653 e. The number of fused-ring (bicyclic) bond motifs is 2. The Kier molecular flexibility index (Phi) is 4.14. The third-order valence-corrected chi connectivity index (χ3v) is 6.12. The molecule has 1 saturated heterocycles. The molecule has 1 N–H and O–H groups in total. The highest BCUT2D eigenvalue weighted by molar-refractivity contribution is 5.79. The van der Waals surface area contributed by atoms with Crippen LogP contribution in [0.5, 0.6) is 0 Å². The van der Waals surface area contributed by atoms with E-state index in [1.807, 2.05) is 6.20 Å². The molecule has 0 radical (unpaired) electrons. The van der Waals surface area contributed by atoms with Crippen molar-refractivity contribution in [3.63, 3.8) is 0 Å². The molecular formula is C22H26N4O. The maximum absolute atomic E-state index is 5.54. The summed E-state index contributed by atoms with van der Waals surface area (Å²) in [5, 5.41) is 8.46. The third kappa shape index (κ3) is 2.91. The summed E-state index contributed by atoms with van der Waals surface area (Å²) >= 11 is 0. The molecule has 140 valence electrons. The van der Waals surface area contributed by atoms with Gasteiger partial charge in [-0.1, -0.05) is 18.2 Å². The van der Waals surface area contributed by atoms with Gasteiger partial charge in [0.1, 0.15) is 0 Å². The zero-order valence-electron chi connectivity index (χ0n) is 16.0. The third-order valence-electron chi connectivity index (χ3n) is 6.12. The van der Waals surface area contributed by atoms with Gasteiger partial charge < -0.3 is 14.5 Å². The van der Waals surface area contributed by atoms with Gasteiger partial charge >= 0.3 is 0 Å². The minimum Gasteiger partial charge on any atom is -0.378 e. The lowest BCUT2D eigenvalue weighted by atomic mass is 9.82. The van der Waals surface area contributed by atoms with Crippen molar-refractivity contribution in [3.05, 3.63) is 58.8 Å². The molecule has 3 heterocycles. The number of aromatic nitrogens is 2. The van der Waals surface area contributed by atoms with Gasteiger partial charge in [-0.05, 0) is 48.4 Å². The summed E-state index contributed by atoms with van der Waals surface area (Å²) in [6, 6.07) is 11.4. The number of rotatable bonds is 2. The average molecular weight is 362 g/mol. The second-order valence-electron chi connectivity index (χ2n) is 7.84. The molecule has 1 atom stereocenters. The van der Waals surface area contributed by atoms with Crippen molar-refractivity contribution in [2.45, 2.75) is 19.4 Å². The maximum atomic E-state index is 5.54. The average Bonchev–Trinajstić information content (AvgIpc) is 3.17. The summed E-state index contributed by atoms with van der Waals surface area (Å²) in [5.41, 5.74) is 8.23. The molecule has 2 aliphatic heterocycles. The molecular weight excluding hydrogens is 336 g/mol. The molecule has 1 fully saturated rings. The quantitative estimate of drug-likeness (QED) is 0.760. The van der Waals surface area contributed by atoms with Crippen LogP contribution in [-0.2, 0) is 11.3 Å². The number of anilines is 1. The Balaban J connectivity index is 1.57. The van der Waals surface area contributed by atoms with Crippen LogP contribution in [-0.4, -0.2) is 55.0 Å². The van der Waals surface area contributed by atoms with Gasteiger partial charge in [0, 0.05) is 43.2 Å². The van der Waals surface area contributed by atoms with Crippen LogP contribution in [0.3, 0.4) is 0 Å². The zero-order chi connectivity index (χ0) is 18.4. The SMILES string of the molecule is Cc1c(N2CCOCC2)ccc2c1CN(C)CC2c1ccc2cn[nH]c2c1. The minimum atomic E-state index is 0.392. The lowest BCUT2D eigenvalue weighted by Gasteiger charge is -2.37. The van der Waals surface area contributed by atoms with Crippen molar-refractivity contribution < 1.29 is 4.74 Å². The van der Waals surface area contributed by atoms with E-state index in [1.54, 1.807) is 0 Å². The topological polar surface area (TPSA) is 44.4 Å². The lowest BCUT2D eigenvalue weighted by molar-refractivity contribution is 0.122. The van der Waals surface area contributed by atoms with Gasteiger partial charge in [0.15, 0.2) is 0 Å². The molecule has 2 aromatic carbocycles. The van der Waals surface area contributed by atoms with Crippen LogP contribution in [0, 0.1) is 6.92 Å². The van der Waals surface area contributed by atoms with Gasteiger partial charge in [0.2, 0.25) is 0 Å². The molecule has 0 bridgehead atoms. The number of H-pyrrole nitrogens is 1. The number of morpholine rings is 1. The molecule has 5 nitrogen and oxygen atoms in total. The minimum absolute atomic E-state index is 0.392. The Morgan fingerprint density at radius 2 is 2.00 bits per heavy atom. The monoisotopic (exact) mass is 362 g/mol. The highest BCUT2D eigenvalue weighted by Gasteiger charge is 2.28. The van der Waals surface area contributed by atoms with Gasteiger partial charge in [0.25, 0.3) is 0 Å². The number of nitrogens with zero attached hydrogens (tertiary/aromatic N) is 3. The zero-order valence-corrected chi connectivity index (χ0v) is 16.0. The number of benzene rings is 2. The second kappa shape index (κ2) is 6.66. The fourth-order valence-corrected chi connectivity index (χ4v) is 4.65. The van der Waals surface area contributed by atoms with E-state index in [9.17, 15) is 0 Å². The molecule has 27 heavy (non-hydrogen) atoms. The van der Waals surface area contributed by atoms with Crippen LogP contribution in [0.2, 0.25) is 0 Å². The predicted octanol–water partition coefficient (Wildman–Crippen LogP) is 3.29. The molecule has 0 spiro atoms. The summed E-state index contributed by atoms with van der Waals surface area (Å²) in [4.78, 5) is 4.92. The van der Waals surface area contributed by atoms with Crippen molar-refractivity contribution in [1.29, 1.82) is 0 Å². The first-order valence-corrected chi connectivity index (χ1v) is 9.77. The van der Waals surface area contributed by atoms with Gasteiger partial charge in [-0.2, -0.15) is 5.10 Å².